The van der Waals surface area contributed by atoms with E-state index in [-0.39, 0.29) is 36.4 Å². The maximum absolute atomic E-state index is 15.0. The number of benzene rings is 4. The molecule has 6 aromatic rings. The number of nitrogens with zero attached hydrogens (tertiary/aromatic N) is 6. The quantitative estimate of drug-likeness (QED) is 0.0543. The summed E-state index contributed by atoms with van der Waals surface area (Å²) in [7, 11) is 0. The summed E-state index contributed by atoms with van der Waals surface area (Å²) in [5, 5.41) is 22.0. The summed E-state index contributed by atoms with van der Waals surface area (Å²) in [5.41, 5.74) is 7.27. The van der Waals surface area contributed by atoms with Crippen LogP contribution in [0.1, 0.15) is 95.2 Å². The number of rotatable bonds is 12. The van der Waals surface area contributed by atoms with Crippen molar-refractivity contribution < 1.29 is 27.9 Å². The number of carbonyl (C=O) groups is 3. The molecule has 1 saturated carbocycles. The summed E-state index contributed by atoms with van der Waals surface area (Å²) in [6, 6.07) is 21.6. The van der Waals surface area contributed by atoms with Crippen LogP contribution in [0.5, 0.6) is 0 Å². The molecule has 1 aliphatic carbocycles. The monoisotopic (exact) mass is 936 g/mol. The smallest absolute Gasteiger partial charge is 0.255 e. The van der Waals surface area contributed by atoms with Gasteiger partial charge in [-0.2, -0.15) is 0 Å². The minimum absolute atomic E-state index is 0.0780. The molecule has 2 unspecified atom stereocenters. The van der Waals surface area contributed by atoms with Gasteiger partial charge in [-0.05, 0) is 91.8 Å². The molecule has 10 rings (SSSR count). The van der Waals surface area contributed by atoms with E-state index in [1.165, 1.54) is 18.2 Å². The summed E-state index contributed by atoms with van der Waals surface area (Å²) in [4.78, 5) is 48.1. The lowest BCUT2D eigenvalue weighted by Crippen LogP contribution is -2.52. The van der Waals surface area contributed by atoms with Crippen LogP contribution in [-0.4, -0.2) is 79.4 Å². The second-order valence-corrected chi connectivity index (χ2v) is 17.8. The Morgan fingerprint density at radius 1 is 0.912 bits per heavy atom. The van der Waals surface area contributed by atoms with Crippen molar-refractivity contribution in [2.24, 2.45) is 0 Å². The van der Waals surface area contributed by atoms with Gasteiger partial charge in [0.15, 0.2) is 0 Å². The van der Waals surface area contributed by atoms with Gasteiger partial charge in [-0.1, -0.05) is 59.0 Å². The first-order valence-electron chi connectivity index (χ1n) is 22.9. The van der Waals surface area contributed by atoms with Gasteiger partial charge in [-0.3, -0.25) is 19.7 Å². The van der Waals surface area contributed by atoms with Crippen molar-refractivity contribution in [2.45, 2.75) is 82.2 Å². The fourth-order valence-electron chi connectivity index (χ4n) is 9.59. The highest BCUT2D eigenvalue weighted by atomic mass is 35.5. The molecule has 4 aromatic carbocycles. The Hall–Kier alpha value is -6.90. The van der Waals surface area contributed by atoms with E-state index >= 15 is 8.78 Å². The van der Waals surface area contributed by atoms with E-state index < -0.39 is 29.6 Å². The first-order chi connectivity index (χ1) is 33.2. The van der Waals surface area contributed by atoms with Crippen LogP contribution < -0.4 is 21.3 Å². The molecule has 2 aromatic heterocycles. The minimum Gasteiger partial charge on any atom is -0.379 e. The summed E-state index contributed by atoms with van der Waals surface area (Å²) in [6.07, 6.45) is 8.80. The van der Waals surface area contributed by atoms with Gasteiger partial charge in [0.1, 0.15) is 23.4 Å². The molecule has 2 atom stereocenters. The number of imide groups is 1. The van der Waals surface area contributed by atoms with Crippen molar-refractivity contribution in [3.63, 3.8) is 0 Å². The number of aromatic nitrogens is 5. The largest absolute Gasteiger partial charge is 0.379 e. The highest BCUT2D eigenvalue weighted by molar-refractivity contribution is 6.30. The lowest BCUT2D eigenvalue weighted by molar-refractivity contribution is -0.136. The summed E-state index contributed by atoms with van der Waals surface area (Å²) in [5.74, 6) is 4.49. The minimum atomic E-state index is -0.790. The first kappa shape index (κ1) is 44.9. The van der Waals surface area contributed by atoms with E-state index in [0.29, 0.717) is 72.0 Å². The van der Waals surface area contributed by atoms with Crippen molar-refractivity contribution in [3.05, 3.63) is 141 Å². The summed E-state index contributed by atoms with van der Waals surface area (Å²) >= 11 is 6.41. The Morgan fingerprint density at radius 2 is 1.72 bits per heavy atom. The van der Waals surface area contributed by atoms with E-state index in [1.54, 1.807) is 35.4 Å². The number of hydrogen-bond donors (Lipinski definition) is 4. The van der Waals surface area contributed by atoms with Crippen LogP contribution in [0.4, 0.5) is 20.4 Å². The predicted octanol–water partition coefficient (Wildman–Crippen LogP) is 7.56. The Morgan fingerprint density at radius 3 is 2.53 bits per heavy atom. The van der Waals surface area contributed by atoms with Crippen LogP contribution in [0, 0.1) is 23.5 Å². The third-order valence-corrected chi connectivity index (χ3v) is 13.3. The zero-order valence-electron chi connectivity index (χ0n) is 36.9. The van der Waals surface area contributed by atoms with Crippen molar-refractivity contribution in [1.82, 2.24) is 45.8 Å². The maximum atomic E-state index is 15.0. The number of halogens is 3. The number of carbonyl (C=O) groups excluding carboxylic acids is 3. The molecule has 0 spiro atoms. The second-order valence-electron chi connectivity index (χ2n) is 17.4. The van der Waals surface area contributed by atoms with Crippen LogP contribution in [0.15, 0.2) is 91.3 Å². The van der Waals surface area contributed by atoms with E-state index in [9.17, 15) is 14.4 Å². The molecule has 17 heteroatoms. The SMILES string of the molecule is O=C1CCC(N2Cc3c(C#CCCOCCNC4CCC(n5cc(-c6ccc(Nc7ncc8c(n7)-c7ccc(Cl)cc7C(c7c(F)cccc7F)NC8)cc6)nn5)CC4)cccc3C2=O)C(=O)N1. The molecule has 346 valence electrons. The van der Waals surface area contributed by atoms with E-state index in [4.69, 9.17) is 21.3 Å². The normalized spacial score (nSPS) is 19.9. The lowest BCUT2D eigenvalue weighted by Gasteiger charge is -2.29. The molecule has 4 N–H and O–H groups in total. The van der Waals surface area contributed by atoms with Gasteiger partial charge in [-0.25, -0.2) is 23.4 Å². The van der Waals surface area contributed by atoms with Crippen molar-refractivity contribution in [1.29, 1.82) is 0 Å². The standard InChI is InChI=1S/C51H47ClF2N10O4/c52-33-12-19-37-39(25-33)48(46-41(53)8-4-9-42(46)54)56-26-32-27-57-51(60-47(32)37)58-35-13-10-31(11-14-35)43-29-64(62-61-43)36-17-15-34(16-18-36)55-22-24-68-23-2-1-5-30-6-3-7-38-40(30)28-63(50(38)67)44-20-21-45(65)59-49(44)66/h3-4,6-14,19,25,27,29,34,36,44,48,55-56H,2,15-18,20-24,26,28H2,(H,57,58,60)(H,59,65,66). The van der Waals surface area contributed by atoms with Gasteiger partial charge in [0.2, 0.25) is 17.8 Å². The number of nitrogens with one attached hydrogen (secondary N) is 4. The molecule has 3 amide bonds. The molecule has 2 fully saturated rings. The number of hydrogen-bond acceptors (Lipinski definition) is 11. The molecular formula is C51H47ClF2N10O4. The lowest BCUT2D eigenvalue weighted by atomic mass is 9.91. The predicted molar refractivity (Wildman–Crippen MR) is 250 cm³/mol. The highest BCUT2D eigenvalue weighted by Crippen LogP contribution is 2.40. The molecule has 5 heterocycles. The van der Waals surface area contributed by atoms with Gasteiger partial charge in [0, 0.05) is 88.8 Å². The van der Waals surface area contributed by atoms with Crippen molar-refractivity contribution in [2.75, 3.05) is 25.1 Å². The van der Waals surface area contributed by atoms with Crippen LogP contribution >= 0.6 is 11.6 Å². The third kappa shape index (κ3) is 9.48. The van der Waals surface area contributed by atoms with Gasteiger partial charge in [-0.15, -0.1) is 5.10 Å². The van der Waals surface area contributed by atoms with Crippen molar-refractivity contribution in [3.8, 4) is 34.4 Å². The number of anilines is 2. The molecule has 3 aliphatic heterocycles. The number of piperidine rings is 1. The van der Waals surface area contributed by atoms with Gasteiger partial charge in [0.05, 0.1) is 37.2 Å². The van der Waals surface area contributed by atoms with Crippen LogP contribution in [0.25, 0.3) is 22.5 Å². The Kier molecular flexibility index (Phi) is 13.0. The molecule has 14 nitrogen and oxygen atoms in total. The zero-order valence-corrected chi connectivity index (χ0v) is 37.7. The summed E-state index contributed by atoms with van der Waals surface area (Å²) in [6.45, 7) is 2.38. The molecule has 0 bridgehead atoms. The molecule has 0 radical (unpaired) electrons. The summed E-state index contributed by atoms with van der Waals surface area (Å²) < 4.78 is 37.9. The first-order valence-corrected chi connectivity index (χ1v) is 23.2. The van der Waals surface area contributed by atoms with Gasteiger partial charge < -0.3 is 25.6 Å². The van der Waals surface area contributed by atoms with Gasteiger partial charge >= 0.3 is 0 Å². The number of fused-ring (bicyclic) bond motifs is 4. The average molecular weight is 937 g/mol. The Labute approximate surface area is 396 Å². The zero-order chi connectivity index (χ0) is 46.7. The van der Waals surface area contributed by atoms with E-state index in [1.807, 2.05) is 47.3 Å². The molecule has 1 saturated heterocycles. The Balaban J connectivity index is 0.672. The van der Waals surface area contributed by atoms with E-state index in [2.05, 4.69) is 48.4 Å². The van der Waals surface area contributed by atoms with Crippen molar-refractivity contribution >= 4 is 41.0 Å². The van der Waals surface area contributed by atoms with Crippen LogP contribution in [0.3, 0.4) is 0 Å². The van der Waals surface area contributed by atoms with Crippen LogP contribution in [-0.2, 0) is 27.4 Å². The maximum Gasteiger partial charge on any atom is 0.255 e. The van der Waals surface area contributed by atoms with Gasteiger partial charge in [0.25, 0.3) is 5.91 Å². The van der Waals surface area contributed by atoms with E-state index in [0.717, 1.165) is 65.9 Å². The fourth-order valence-corrected chi connectivity index (χ4v) is 9.77. The highest BCUT2D eigenvalue weighted by Gasteiger charge is 2.40. The second kappa shape index (κ2) is 19.7. The molecule has 68 heavy (non-hydrogen) atoms. The number of ether oxygens (including phenoxy) is 1. The average Bonchev–Trinajstić information content (AvgIpc) is 3.93. The topological polar surface area (TPSA) is 168 Å². The van der Waals surface area contributed by atoms with Crippen LogP contribution in [0.2, 0.25) is 5.02 Å². The molecular weight excluding hydrogens is 890 g/mol. The number of amides is 3. The molecule has 4 aliphatic rings. The Bertz CT molecular complexity index is 2950. The fraction of sp³-hybridized carbons (Fsp3) is 0.314. The third-order valence-electron chi connectivity index (χ3n) is 13.1.